The Balaban J connectivity index is 2.30. The first-order chi connectivity index (χ1) is 8.88. The molecule has 0 bridgehead atoms. The normalized spacial score (nSPS) is 12.8. The van der Waals surface area contributed by atoms with Crippen LogP contribution in [0, 0.1) is 5.82 Å². The second kappa shape index (κ2) is 5.06. The van der Waals surface area contributed by atoms with Gasteiger partial charge in [0.2, 0.25) is 0 Å². The van der Waals surface area contributed by atoms with Gasteiger partial charge in [-0.2, -0.15) is 0 Å². The molecule has 2 aromatic rings. The molecule has 17 heavy (non-hydrogen) atoms. The van der Waals surface area contributed by atoms with E-state index in [0.29, 0.717) is 5.69 Å². The lowest BCUT2D eigenvalue weighted by Gasteiger charge is -2.08. The maximum atomic E-state index is 13.1. The number of hydrogen-bond acceptors (Lipinski definition) is 2. The van der Waals surface area contributed by atoms with Crippen molar-refractivity contribution in [3.8, 4) is 5.75 Å². The summed E-state index contributed by atoms with van der Waals surface area (Å²) >= 11 is 5.91. The summed E-state index contributed by atoms with van der Waals surface area (Å²) in [5, 5.41) is 0.195. The van der Waals surface area contributed by atoms with E-state index in [1.165, 1.54) is 30.3 Å². The zero-order valence-corrected chi connectivity index (χ0v) is 9.54. The van der Waals surface area contributed by atoms with Gasteiger partial charge in [-0.1, -0.05) is 23.7 Å². The molecule has 0 radical (unpaired) electrons. The summed E-state index contributed by atoms with van der Waals surface area (Å²) in [6.07, 6.45) is 0. The Labute approximate surface area is 107 Å². The van der Waals surface area contributed by atoms with Gasteiger partial charge in [-0.15, -0.1) is 0 Å². The predicted octanol–water partition coefficient (Wildman–Crippen LogP) is 3.64. The quantitative estimate of drug-likeness (QED) is 0.848. The molecule has 0 fully saturated rings. The fourth-order valence-corrected chi connectivity index (χ4v) is 1.49. The van der Waals surface area contributed by atoms with Crippen molar-refractivity contribution in [1.82, 2.24) is 0 Å². The highest BCUT2D eigenvalue weighted by molar-refractivity contribution is 6.32. The molecule has 88 valence electrons. The standard InChI is InChI=1S/C13H11ClFNO/c14-12-7-11(16)4-5-13(12)17-8-9-2-1-3-10(15)6-9/h1-7H,8,16H2/i8D2. The fourth-order valence-electron chi connectivity index (χ4n) is 1.27. The molecule has 0 saturated carbocycles. The van der Waals surface area contributed by atoms with E-state index in [1.54, 1.807) is 6.07 Å². The van der Waals surface area contributed by atoms with Gasteiger partial charge >= 0.3 is 0 Å². The number of halogens is 2. The molecule has 0 amide bonds. The van der Waals surface area contributed by atoms with Crippen LogP contribution in [0.15, 0.2) is 42.5 Å². The Bertz CT molecular complexity index is 607. The van der Waals surface area contributed by atoms with Crippen LogP contribution in [0.2, 0.25) is 5.02 Å². The molecule has 0 aromatic heterocycles. The second-order valence-electron chi connectivity index (χ2n) is 3.40. The molecule has 2 N–H and O–H groups in total. The van der Waals surface area contributed by atoms with Gasteiger partial charge < -0.3 is 10.5 Å². The monoisotopic (exact) mass is 253 g/mol. The van der Waals surface area contributed by atoms with Crippen LogP contribution < -0.4 is 10.5 Å². The number of ether oxygens (including phenoxy) is 1. The highest BCUT2D eigenvalue weighted by Crippen LogP contribution is 2.27. The molecule has 0 atom stereocenters. The molecule has 2 rings (SSSR count). The maximum Gasteiger partial charge on any atom is 0.138 e. The molecule has 2 aromatic carbocycles. The van der Waals surface area contributed by atoms with Crippen molar-refractivity contribution in [3.05, 3.63) is 58.9 Å². The van der Waals surface area contributed by atoms with Crippen LogP contribution in [0.4, 0.5) is 10.1 Å². The van der Waals surface area contributed by atoms with Crippen molar-refractivity contribution < 1.29 is 11.9 Å². The Morgan fingerprint density at radius 1 is 1.29 bits per heavy atom. The third-order valence-electron chi connectivity index (χ3n) is 2.06. The summed E-state index contributed by atoms with van der Waals surface area (Å²) in [4.78, 5) is 0. The van der Waals surface area contributed by atoms with Gasteiger partial charge in [0.05, 0.1) is 7.76 Å². The van der Waals surface area contributed by atoms with Crippen molar-refractivity contribution in [2.75, 3.05) is 5.73 Å². The predicted molar refractivity (Wildman–Crippen MR) is 66.6 cm³/mol. The molecule has 2 nitrogen and oxygen atoms in total. The Morgan fingerprint density at radius 3 is 2.82 bits per heavy atom. The molecule has 0 aliphatic carbocycles. The Hall–Kier alpha value is -1.74. The van der Waals surface area contributed by atoms with E-state index in [9.17, 15) is 4.39 Å². The molecule has 0 heterocycles. The number of rotatable bonds is 3. The molecule has 0 saturated heterocycles. The summed E-state index contributed by atoms with van der Waals surface area (Å²) in [6.45, 7) is -2.19. The molecule has 0 spiro atoms. The molecule has 0 unspecified atom stereocenters. The van der Waals surface area contributed by atoms with Crippen molar-refractivity contribution in [2.24, 2.45) is 0 Å². The lowest BCUT2D eigenvalue weighted by Crippen LogP contribution is -1.97. The van der Waals surface area contributed by atoms with Crippen LogP contribution in [0.25, 0.3) is 0 Å². The van der Waals surface area contributed by atoms with Gasteiger partial charge in [0.15, 0.2) is 0 Å². The topological polar surface area (TPSA) is 35.2 Å². The number of hydrogen-bond donors (Lipinski definition) is 1. The zero-order chi connectivity index (χ0) is 14.0. The lowest BCUT2D eigenvalue weighted by molar-refractivity contribution is 0.306. The third-order valence-corrected chi connectivity index (χ3v) is 2.35. The Morgan fingerprint density at radius 2 is 2.12 bits per heavy atom. The highest BCUT2D eigenvalue weighted by Gasteiger charge is 2.02. The van der Waals surface area contributed by atoms with E-state index in [0.717, 1.165) is 6.07 Å². The van der Waals surface area contributed by atoms with Crippen molar-refractivity contribution in [2.45, 2.75) is 6.56 Å². The highest BCUT2D eigenvalue weighted by atomic mass is 35.5. The van der Waals surface area contributed by atoms with Crippen LogP contribution in [0.1, 0.15) is 8.30 Å². The van der Waals surface area contributed by atoms with E-state index in [4.69, 9.17) is 24.8 Å². The van der Waals surface area contributed by atoms with E-state index in [2.05, 4.69) is 0 Å². The first-order valence-electron chi connectivity index (χ1n) is 5.88. The van der Waals surface area contributed by atoms with Crippen molar-refractivity contribution in [1.29, 1.82) is 0 Å². The maximum absolute atomic E-state index is 13.1. The van der Waals surface area contributed by atoms with E-state index < -0.39 is 12.4 Å². The number of nitrogen functional groups attached to an aromatic ring is 1. The number of anilines is 1. The first-order valence-corrected chi connectivity index (χ1v) is 5.26. The third kappa shape index (κ3) is 3.11. The average Bonchev–Trinajstić information content (AvgIpc) is 2.33. The SMILES string of the molecule is [2H]C([2H])(Oc1ccc(N)cc1Cl)c1cccc(F)c1. The smallest absolute Gasteiger partial charge is 0.138 e. The summed E-state index contributed by atoms with van der Waals surface area (Å²) in [5.74, 6) is -0.390. The van der Waals surface area contributed by atoms with Crippen LogP contribution in [0.5, 0.6) is 5.75 Å². The minimum absolute atomic E-state index is 0.0698. The largest absolute Gasteiger partial charge is 0.487 e. The second-order valence-corrected chi connectivity index (χ2v) is 3.81. The van der Waals surface area contributed by atoms with Gasteiger partial charge in [0.25, 0.3) is 0 Å². The van der Waals surface area contributed by atoms with Gasteiger partial charge in [-0.25, -0.2) is 4.39 Å². The number of benzene rings is 2. The fraction of sp³-hybridized carbons (Fsp3) is 0.0769. The summed E-state index contributed by atoms with van der Waals surface area (Å²) in [6, 6.07) is 9.63. The van der Waals surface area contributed by atoms with Gasteiger partial charge in [-0.05, 0) is 35.9 Å². The minimum Gasteiger partial charge on any atom is -0.487 e. The van der Waals surface area contributed by atoms with Crippen LogP contribution in [-0.4, -0.2) is 0 Å². The van der Waals surface area contributed by atoms with Gasteiger partial charge in [-0.3, -0.25) is 0 Å². The van der Waals surface area contributed by atoms with Crippen molar-refractivity contribution >= 4 is 17.3 Å². The Kier molecular flexibility index (Phi) is 2.77. The van der Waals surface area contributed by atoms with E-state index in [1.807, 2.05) is 0 Å². The first kappa shape index (κ1) is 9.31. The molecule has 4 heteroatoms. The molecular weight excluding hydrogens is 241 g/mol. The average molecular weight is 254 g/mol. The van der Waals surface area contributed by atoms with E-state index in [-0.39, 0.29) is 16.3 Å². The lowest BCUT2D eigenvalue weighted by atomic mass is 10.2. The number of nitrogens with two attached hydrogens (primary N) is 1. The zero-order valence-electron chi connectivity index (χ0n) is 10.8. The summed E-state index contributed by atoms with van der Waals surface area (Å²) in [7, 11) is 0. The van der Waals surface area contributed by atoms with Gasteiger partial charge in [0.1, 0.15) is 18.1 Å². The van der Waals surface area contributed by atoms with Crippen LogP contribution in [-0.2, 0) is 6.56 Å². The van der Waals surface area contributed by atoms with Gasteiger partial charge in [0, 0.05) is 5.69 Å². The minimum atomic E-state index is -2.19. The summed E-state index contributed by atoms with van der Waals surface area (Å²) < 4.78 is 34.0. The molecular formula is C13H11ClFNO. The van der Waals surface area contributed by atoms with Crippen molar-refractivity contribution in [3.63, 3.8) is 0 Å². The van der Waals surface area contributed by atoms with Crippen LogP contribution in [0.3, 0.4) is 0 Å². The molecule has 0 aliphatic rings. The van der Waals surface area contributed by atoms with Crippen LogP contribution >= 0.6 is 11.6 Å². The van der Waals surface area contributed by atoms with E-state index >= 15 is 0 Å². The molecule has 0 aliphatic heterocycles. The summed E-state index contributed by atoms with van der Waals surface area (Å²) in [5.41, 5.74) is 6.06.